The van der Waals surface area contributed by atoms with Gasteiger partial charge in [-0.15, -0.1) is 0 Å². The number of carbonyl (C=O) groups is 2. The molecule has 7 nitrogen and oxygen atoms in total. The molecule has 0 spiro atoms. The fraction of sp³-hybridized carbons (Fsp3) is 0.300. The summed E-state index contributed by atoms with van der Waals surface area (Å²) in [5.74, 6) is -1.49. The van der Waals surface area contributed by atoms with E-state index in [0.717, 1.165) is 19.4 Å². The number of amides is 2. The normalized spacial score (nSPS) is 16.7. The van der Waals surface area contributed by atoms with Gasteiger partial charge < -0.3 is 15.4 Å². The number of carbonyl (C=O) groups excluding carboxylic acids is 2. The van der Waals surface area contributed by atoms with Gasteiger partial charge in [0.2, 0.25) is 5.91 Å². The van der Waals surface area contributed by atoms with Crippen LogP contribution in [0.5, 0.6) is 11.5 Å². The van der Waals surface area contributed by atoms with Crippen LogP contribution >= 0.6 is 39.1 Å². The number of hydrogen-bond donors (Lipinski definition) is 2. The first-order valence-corrected chi connectivity index (χ1v) is 14.6. The Kier molecular flexibility index (Phi) is 10.3. The highest BCUT2D eigenvalue weighted by molar-refractivity contribution is 9.10. The van der Waals surface area contributed by atoms with Crippen LogP contribution < -0.4 is 15.4 Å². The Hall–Kier alpha value is -3.16. The Balaban J connectivity index is 1.38. The van der Waals surface area contributed by atoms with E-state index < -0.39 is 11.7 Å². The Morgan fingerprint density at radius 1 is 1.12 bits per heavy atom. The van der Waals surface area contributed by atoms with Crippen LogP contribution in [0.3, 0.4) is 0 Å². The SMILES string of the molecule is CC1CC[C@@H](C)N1CCNC(=O)c1ccc(NC(=O)Cc2ccc(Br)c(Oc3cc(Cl)cc(C#N)c3)c2F)c(Cl)c1. The van der Waals surface area contributed by atoms with Gasteiger partial charge in [-0.05, 0) is 85.1 Å². The zero-order valence-corrected chi connectivity index (χ0v) is 25.5. The van der Waals surface area contributed by atoms with Crippen molar-refractivity contribution in [2.45, 2.75) is 45.2 Å². The molecule has 1 aliphatic rings. The molecule has 3 aromatic rings. The zero-order valence-electron chi connectivity index (χ0n) is 22.4. The number of nitrogens with one attached hydrogen (secondary N) is 2. The van der Waals surface area contributed by atoms with Crippen LogP contribution in [-0.2, 0) is 11.2 Å². The number of hydrogen-bond acceptors (Lipinski definition) is 5. The molecule has 2 atom stereocenters. The molecule has 3 aromatic carbocycles. The van der Waals surface area contributed by atoms with Crippen molar-refractivity contribution in [1.82, 2.24) is 10.2 Å². The second-order valence-electron chi connectivity index (χ2n) is 9.93. The average molecular weight is 662 g/mol. The third-order valence-corrected chi connectivity index (χ3v) is 8.15. The van der Waals surface area contributed by atoms with Crippen LogP contribution in [0.1, 0.15) is 48.2 Å². The minimum atomic E-state index is -0.746. The summed E-state index contributed by atoms with van der Waals surface area (Å²) in [6.07, 6.45) is 2.02. The highest BCUT2D eigenvalue weighted by atomic mass is 79.9. The second kappa shape index (κ2) is 13.7. The summed E-state index contributed by atoms with van der Waals surface area (Å²) in [6.45, 7) is 5.69. The predicted octanol–water partition coefficient (Wildman–Crippen LogP) is 7.34. The molecule has 1 unspecified atom stereocenters. The first kappa shape index (κ1) is 30.8. The molecular weight excluding hydrogens is 634 g/mol. The third-order valence-electron chi connectivity index (χ3n) is 7.00. The number of halogens is 4. The number of benzene rings is 3. The number of likely N-dealkylation sites (tertiary alicyclic amines) is 1. The predicted molar refractivity (Wildman–Crippen MR) is 161 cm³/mol. The van der Waals surface area contributed by atoms with Crippen molar-refractivity contribution in [1.29, 1.82) is 5.26 Å². The molecule has 0 aliphatic carbocycles. The monoisotopic (exact) mass is 660 g/mol. The molecule has 214 valence electrons. The van der Waals surface area contributed by atoms with Gasteiger partial charge in [-0.3, -0.25) is 14.5 Å². The van der Waals surface area contributed by atoms with E-state index >= 15 is 4.39 Å². The van der Waals surface area contributed by atoms with E-state index in [1.54, 1.807) is 12.1 Å². The molecule has 1 fully saturated rings. The molecule has 0 saturated carbocycles. The molecule has 0 bridgehead atoms. The van der Waals surface area contributed by atoms with Crippen molar-refractivity contribution in [3.63, 3.8) is 0 Å². The molecule has 0 radical (unpaired) electrons. The van der Waals surface area contributed by atoms with Crippen LogP contribution in [-0.4, -0.2) is 41.9 Å². The summed E-state index contributed by atoms with van der Waals surface area (Å²) in [5, 5.41) is 15.2. The number of nitriles is 1. The summed E-state index contributed by atoms with van der Waals surface area (Å²) >= 11 is 15.7. The average Bonchev–Trinajstić information content (AvgIpc) is 3.25. The smallest absolute Gasteiger partial charge is 0.251 e. The van der Waals surface area contributed by atoms with Crippen molar-refractivity contribution in [3.05, 3.63) is 85.6 Å². The quantitative estimate of drug-likeness (QED) is 0.250. The number of ether oxygens (including phenoxy) is 1. The van der Waals surface area contributed by atoms with Crippen molar-refractivity contribution in [2.24, 2.45) is 0 Å². The first-order chi connectivity index (χ1) is 19.5. The number of rotatable bonds is 9. The van der Waals surface area contributed by atoms with Crippen LogP contribution in [0.2, 0.25) is 10.0 Å². The summed E-state index contributed by atoms with van der Waals surface area (Å²) in [7, 11) is 0. The van der Waals surface area contributed by atoms with Crippen molar-refractivity contribution in [3.8, 4) is 17.6 Å². The van der Waals surface area contributed by atoms with Crippen molar-refractivity contribution in [2.75, 3.05) is 18.4 Å². The molecule has 1 saturated heterocycles. The Morgan fingerprint density at radius 2 is 1.85 bits per heavy atom. The molecule has 41 heavy (non-hydrogen) atoms. The fourth-order valence-electron chi connectivity index (χ4n) is 4.82. The van der Waals surface area contributed by atoms with Crippen molar-refractivity contribution < 1.29 is 18.7 Å². The molecule has 1 heterocycles. The van der Waals surface area contributed by atoms with E-state index in [1.165, 1.54) is 36.4 Å². The highest BCUT2D eigenvalue weighted by Crippen LogP contribution is 2.36. The Bertz CT molecular complexity index is 1500. The minimum Gasteiger partial charge on any atom is -0.453 e. The summed E-state index contributed by atoms with van der Waals surface area (Å²) in [4.78, 5) is 27.8. The van der Waals surface area contributed by atoms with Gasteiger partial charge in [0, 0.05) is 41.3 Å². The number of anilines is 1. The van der Waals surface area contributed by atoms with Gasteiger partial charge in [0.25, 0.3) is 5.91 Å². The summed E-state index contributed by atoms with van der Waals surface area (Å²) < 4.78 is 21.4. The molecule has 11 heteroatoms. The topological polar surface area (TPSA) is 94.5 Å². The second-order valence-corrected chi connectivity index (χ2v) is 11.6. The zero-order chi connectivity index (χ0) is 29.7. The lowest BCUT2D eigenvalue weighted by Crippen LogP contribution is -2.39. The maximum Gasteiger partial charge on any atom is 0.251 e. The molecule has 1 aliphatic heterocycles. The lowest BCUT2D eigenvalue weighted by Gasteiger charge is -2.25. The van der Waals surface area contributed by atoms with Crippen LogP contribution in [0.15, 0.2) is 53.0 Å². The van der Waals surface area contributed by atoms with Gasteiger partial charge in [-0.2, -0.15) is 5.26 Å². The van der Waals surface area contributed by atoms with Crippen LogP contribution in [0.25, 0.3) is 0 Å². The first-order valence-electron chi connectivity index (χ1n) is 13.0. The third kappa shape index (κ3) is 7.77. The summed E-state index contributed by atoms with van der Waals surface area (Å²) in [5.41, 5.74) is 1.00. The van der Waals surface area contributed by atoms with Gasteiger partial charge in [-0.25, -0.2) is 4.39 Å². The van der Waals surface area contributed by atoms with Crippen LogP contribution in [0.4, 0.5) is 10.1 Å². The lowest BCUT2D eigenvalue weighted by atomic mass is 10.1. The van der Waals surface area contributed by atoms with E-state index in [2.05, 4.69) is 45.3 Å². The summed E-state index contributed by atoms with van der Waals surface area (Å²) in [6, 6.07) is 14.9. The molecular formula is C30H28BrCl2FN4O3. The maximum atomic E-state index is 15.4. The molecule has 4 rings (SSSR count). The molecule has 0 aromatic heterocycles. The van der Waals surface area contributed by atoms with E-state index in [1.807, 2.05) is 6.07 Å². The largest absolute Gasteiger partial charge is 0.453 e. The van der Waals surface area contributed by atoms with Gasteiger partial charge in [0.15, 0.2) is 11.6 Å². The van der Waals surface area contributed by atoms with Gasteiger partial charge in [-0.1, -0.05) is 29.3 Å². The standard InChI is InChI=1S/C30H28BrCl2FN4O3/c1-17-3-4-18(2)38(17)10-9-36-30(40)21-6-8-26(25(33)13-21)37-27(39)14-20-5-7-24(31)29(28(20)34)41-23-12-19(16-35)11-22(32)15-23/h5-8,11-13,15,17-18H,3-4,9-10,14H2,1-2H3,(H,36,40)(H,37,39)/t17-,18?/m1/s1. The molecule has 2 amide bonds. The Morgan fingerprint density at radius 3 is 2.54 bits per heavy atom. The number of nitrogens with zero attached hydrogens (tertiary/aromatic N) is 2. The van der Waals surface area contributed by atoms with E-state index in [0.29, 0.717) is 34.4 Å². The van der Waals surface area contributed by atoms with Crippen molar-refractivity contribution >= 4 is 56.6 Å². The van der Waals surface area contributed by atoms with E-state index in [-0.39, 0.29) is 45.0 Å². The Labute approximate surface area is 256 Å². The molecule has 2 N–H and O–H groups in total. The van der Waals surface area contributed by atoms with Gasteiger partial charge in [0.05, 0.1) is 33.2 Å². The highest BCUT2D eigenvalue weighted by Gasteiger charge is 2.26. The van der Waals surface area contributed by atoms with Crippen LogP contribution in [0, 0.1) is 17.1 Å². The maximum absolute atomic E-state index is 15.4. The van der Waals surface area contributed by atoms with E-state index in [9.17, 15) is 9.59 Å². The van der Waals surface area contributed by atoms with Gasteiger partial charge in [0.1, 0.15) is 5.75 Å². The lowest BCUT2D eigenvalue weighted by molar-refractivity contribution is -0.115. The fourth-order valence-corrected chi connectivity index (χ4v) is 5.66. The van der Waals surface area contributed by atoms with Gasteiger partial charge >= 0.3 is 0 Å². The van der Waals surface area contributed by atoms with E-state index in [4.69, 9.17) is 33.2 Å². The minimum absolute atomic E-state index is 0.0806.